The van der Waals surface area contributed by atoms with Crippen LogP contribution in [0.15, 0.2) is 22.8 Å². The lowest BCUT2D eigenvalue weighted by molar-refractivity contribution is -0.310. The molecule has 5 fully saturated rings. The number of ketones is 2. The van der Waals surface area contributed by atoms with Crippen LogP contribution in [0.4, 0.5) is 0 Å². The summed E-state index contributed by atoms with van der Waals surface area (Å²) in [6, 6.07) is 3.48. The maximum Gasteiger partial charge on any atom is 0.303 e. The second-order valence-corrected chi connectivity index (χ2v) is 13.6. The molecule has 1 aliphatic heterocycles. The molecule has 1 spiro atoms. The molecule has 10 heteroatoms. The highest BCUT2D eigenvalue weighted by molar-refractivity contribution is 5.91. The fraction of sp³-hybridized carbons (Fsp3) is 0.733. The van der Waals surface area contributed by atoms with E-state index in [1.54, 1.807) is 32.9 Å². The summed E-state index contributed by atoms with van der Waals surface area (Å²) in [5, 5.41) is 24.2. The van der Waals surface area contributed by atoms with Crippen molar-refractivity contribution < 1.29 is 48.0 Å². The van der Waals surface area contributed by atoms with Crippen molar-refractivity contribution in [2.75, 3.05) is 0 Å². The van der Waals surface area contributed by atoms with Crippen molar-refractivity contribution in [2.45, 2.75) is 103 Å². The van der Waals surface area contributed by atoms with E-state index in [0.717, 1.165) is 0 Å². The molecule has 218 valence electrons. The van der Waals surface area contributed by atoms with E-state index in [9.17, 15) is 29.4 Å². The largest absolute Gasteiger partial charge is 0.469 e. The summed E-state index contributed by atoms with van der Waals surface area (Å²) in [6.07, 6.45) is -1.41. The number of aliphatic hydroxyl groups excluding tert-OH is 1. The number of rotatable bonds is 3. The second-order valence-electron chi connectivity index (χ2n) is 13.6. The van der Waals surface area contributed by atoms with E-state index in [2.05, 4.69) is 0 Å². The third-order valence-corrected chi connectivity index (χ3v) is 11.5. The molecule has 1 aromatic rings. The minimum Gasteiger partial charge on any atom is -0.469 e. The molecular formula is C30H38O10. The maximum atomic E-state index is 14.2. The molecule has 5 aliphatic rings. The smallest absolute Gasteiger partial charge is 0.303 e. The minimum atomic E-state index is -2.22. The molecule has 4 aliphatic carbocycles. The number of hydrogen-bond donors (Lipinski definition) is 2. The first-order valence-electron chi connectivity index (χ1n) is 14.1. The van der Waals surface area contributed by atoms with E-state index < -0.39 is 87.3 Å². The first-order valence-corrected chi connectivity index (χ1v) is 14.1. The van der Waals surface area contributed by atoms with Gasteiger partial charge in [-0.05, 0) is 38.8 Å². The fourth-order valence-electron chi connectivity index (χ4n) is 10.5. The van der Waals surface area contributed by atoms with E-state index >= 15 is 0 Å². The predicted octanol–water partition coefficient (Wildman–Crippen LogP) is 2.69. The Morgan fingerprint density at radius 3 is 2.33 bits per heavy atom. The lowest BCUT2D eigenvalue weighted by Gasteiger charge is -2.68. The first-order chi connectivity index (χ1) is 18.6. The minimum absolute atomic E-state index is 0.0294. The van der Waals surface area contributed by atoms with Gasteiger partial charge in [0.25, 0.3) is 0 Å². The van der Waals surface area contributed by atoms with Crippen LogP contribution in [0.2, 0.25) is 0 Å². The molecule has 6 rings (SSSR count). The zero-order valence-electron chi connectivity index (χ0n) is 23.8. The van der Waals surface area contributed by atoms with Crippen LogP contribution in [0, 0.1) is 34.0 Å². The fourth-order valence-corrected chi connectivity index (χ4v) is 10.5. The second kappa shape index (κ2) is 8.26. The summed E-state index contributed by atoms with van der Waals surface area (Å²) in [5.41, 5.74) is -4.73. The summed E-state index contributed by atoms with van der Waals surface area (Å²) in [5.74, 6) is -6.46. The van der Waals surface area contributed by atoms with Gasteiger partial charge in [0.15, 0.2) is 5.78 Å². The van der Waals surface area contributed by atoms with Crippen LogP contribution in [0.1, 0.15) is 78.9 Å². The number of fused-ring (bicyclic) bond motifs is 3. The molecule has 0 aromatic carbocycles. The first kappa shape index (κ1) is 27.6. The van der Waals surface area contributed by atoms with Crippen molar-refractivity contribution in [3.63, 3.8) is 0 Å². The molecule has 10 nitrogen and oxygen atoms in total. The molecule has 40 heavy (non-hydrogen) atoms. The number of ether oxygens (including phenoxy) is 3. The summed E-state index contributed by atoms with van der Waals surface area (Å²) in [7, 11) is 0. The number of hydrogen-bond acceptors (Lipinski definition) is 10. The molecule has 0 unspecified atom stereocenters. The number of esters is 2. The Bertz CT molecular complexity index is 1290. The average molecular weight is 559 g/mol. The van der Waals surface area contributed by atoms with Crippen LogP contribution in [0.25, 0.3) is 0 Å². The Morgan fingerprint density at radius 2 is 1.73 bits per heavy atom. The SMILES string of the molecule is CC(=O)O[C@H]1[C@H](OC(C)=O)[C@]2(C)[C@@H](C(=O)C[C@H]2c2ccco2)[C@]2(C)[C@H](O)C[C@H]3C(C)(C)O[C@]4(O)C(=O)CC[C@]34[C@@H]12. The highest BCUT2D eigenvalue weighted by atomic mass is 16.7. The Morgan fingerprint density at radius 1 is 1.05 bits per heavy atom. The number of Topliss-reactive ketones (excluding diaryl/α,β-unsaturated/α-hetero) is 2. The molecule has 1 saturated heterocycles. The van der Waals surface area contributed by atoms with E-state index in [0.29, 0.717) is 5.76 Å². The van der Waals surface area contributed by atoms with E-state index in [1.165, 1.54) is 20.1 Å². The number of carbonyl (C=O) groups excluding carboxylic acids is 4. The zero-order valence-corrected chi connectivity index (χ0v) is 23.8. The van der Waals surface area contributed by atoms with Gasteiger partial charge < -0.3 is 28.8 Å². The van der Waals surface area contributed by atoms with Crippen molar-refractivity contribution >= 4 is 23.5 Å². The van der Waals surface area contributed by atoms with Crippen molar-refractivity contribution in [3.8, 4) is 0 Å². The van der Waals surface area contributed by atoms with E-state index in [4.69, 9.17) is 18.6 Å². The van der Waals surface area contributed by atoms with Gasteiger partial charge in [-0.25, -0.2) is 0 Å². The van der Waals surface area contributed by atoms with Gasteiger partial charge >= 0.3 is 11.9 Å². The highest BCUT2D eigenvalue weighted by Gasteiger charge is 2.86. The van der Waals surface area contributed by atoms with Crippen molar-refractivity contribution in [1.82, 2.24) is 0 Å². The Balaban J connectivity index is 1.67. The van der Waals surface area contributed by atoms with E-state index in [1.807, 2.05) is 6.92 Å². The summed E-state index contributed by atoms with van der Waals surface area (Å²) < 4.78 is 24.1. The van der Waals surface area contributed by atoms with Crippen molar-refractivity contribution in [3.05, 3.63) is 24.2 Å². The Hall–Kier alpha value is -2.56. The average Bonchev–Trinajstić information content (AvgIpc) is 3.55. The van der Waals surface area contributed by atoms with Crippen molar-refractivity contribution in [2.24, 2.45) is 34.0 Å². The van der Waals surface area contributed by atoms with Crippen LogP contribution in [-0.4, -0.2) is 63.4 Å². The maximum absolute atomic E-state index is 14.2. The number of carbonyl (C=O) groups is 4. The highest BCUT2D eigenvalue weighted by Crippen LogP contribution is 2.78. The lowest BCUT2D eigenvalue weighted by Crippen LogP contribution is -2.76. The topological polar surface area (TPSA) is 150 Å². The zero-order chi connectivity index (χ0) is 29.2. The monoisotopic (exact) mass is 558 g/mol. The summed E-state index contributed by atoms with van der Waals surface area (Å²) in [6.45, 7) is 9.69. The van der Waals surface area contributed by atoms with Gasteiger partial charge in [0.05, 0.1) is 18.0 Å². The van der Waals surface area contributed by atoms with Gasteiger partial charge in [0, 0.05) is 66.6 Å². The molecular weight excluding hydrogens is 520 g/mol. The third kappa shape index (κ3) is 3.05. The Kier molecular flexibility index (Phi) is 5.70. The standard InChI is InChI=1S/C30H38O10/c1-14(31)38-22-24-28(6,21(35)13-19-26(3,4)40-30(36)20(34)9-10-29(19,24)30)23-17(33)12-16(18-8-7-11-37-18)27(23,5)25(22)39-15(2)32/h7-8,11,16,19,21-25,35-36H,9-10,12-13H2,1-6H3/t16-,19-,21+,22+,23+,24-,25-,27-,28-,29+,30+/m0/s1. The number of furan rings is 1. The van der Waals surface area contributed by atoms with Crippen LogP contribution in [0.5, 0.6) is 0 Å². The normalized spacial score (nSPS) is 48.6. The van der Waals surface area contributed by atoms with Gasteiger partial charge in [0.2, 0.25) is 5.79 Å². The predicted molar refractivity (Wildman–Crippen MR) is 136 cm³/mol. The quantitative estimate of drug-likeness (QED) is 0.530. The van der Waals surface area contributed by atoms with Crippen LogP contribution in [-0.2, 0) is 33.4 Å². The molecule has 4 saturated carbocycles. The van der Waals surface area contributed by atoms with Crippen LogP contribution < -0.4 is 0 Å². The molecule has 0 amide bonds. The van der Waals surface area contributed by atoms with Crippen LogP contribution >= 0.6 is 0 Å². The molecule has 2 heterocycles. The summed E-state index contributed by atoms with van der Waals surface area (Å²) >= 11 is 0. The number of aliphatic hydroxyl groups is 2. The molecule has 0 bridgehead atoms. The third-order valence-electron chi connectivity index (χ3n) is 11.5. The molecule has 0 radical (unpaired) electrons. The van der Waals surface area contributed by atoms with E-state index in [-0.39, 0.29) is 31.5 Å². The van der Waals surface area contributed by atoms with Crippen molar-refractivity contribution in [1.29, 1.82) is 0 Å². The van der Waals surface area contributed by atoms with Gasteiger partial charge in [-0.3, -0.25) is 19.2 Å². The van der Waals surface area contributed by atoms with Gasteiger partial charge in [-0.1, -0.05) is 13.8 Å². The summed E-state index contributed by atoms with van der Waals surface area (Å²) in [4.78, 5) is 53.0. The molecule has 2 N–H and O–H groups in total. The van der Waals surface area contributed by atoms with Gasteiger partial charge in [0.1, 0.15) is 23.8 Å². The van der Waals surface area contributed by atoms with Gasteiger partial charge in [-0.15, -0.1) is 0 Å². The molecule has 1 aromatic heterocycles. The van der Waals surface area contributed by atoms with Gasteiger partial charge in [-0.2, -0.15) is 0 Å². The van der Waals surface area contributed by atoms with Crippen LogP contribution in [0.3, 0.4) is 0 Å². The Labute approximate surface area is 232 Å². The molecule has 11 atom stereocenters. The lowest BCUT2D eigenvalue weighted by atomic mass is 9.37.